The van der Waals surface area contributed by atoms with Crippen molar-refractivity contribution < 1.29 is 9.47 Å². The lowest BCUT2D eigenvalue weighted by atomic mass is 10.2. The molecule has 0 saturated carbocycles. The van der Waals surface area contributed by atoms with Crippen LogP contribution in [-0.4, -0.2) is 51.5 Å². The van der Waals surface area contributed by atoms with Gasteiger partial charge in [0.1, 0.15) is 0 Å². The average molecular weight is 159 g/mol. The molecular weight excluding hydrogens is 142 g/mol. The minimum atomic E-state index is 0.403. The summed E-state index contributed by atoms with van der Waals surface area (Å²) in [6.45, 7) is 1.85. The van der Waals surface area contributed by atoms with Gasteiger partial charge in [0.25, 0.3) is 0 Å². The quantitative estimate of drug-likeness (QED) is 0.593. The molecule has 1 heterocycles. The van der Waals surface area contributed by atoms with E-state index in [2.05, 4.69) is 11.9 Å². The van der Waals surface area contributed by atoms with Crippen molar-refractivity contribution in [3.05, 3.63) is 0 Å². The van der Waals surface area contributed by atoms with Crippen LogP contribution in [0.5, 0.6) is 0 Å². The Kier molecular flexibility index (Phi) is 3.30. The van der Waals surface area contributed by atoms with Crippen molar-refractivity contribution in [3.63, 3.8) is 0 Å². The molecule has 1 aliphatic heterocycles. The molecule has 3 heteroatoms. The van der Waals surface area contributed by atoms with Gasteiger partial charge >= 0.3 is 0 Å². The van der Waals surface area contributed by atoms with Crippen LogP contribution >= 0.6 is 0 Å². The predicted molar refractivity (Wildman–Crippen MR) is 43.7 cm³/mol. The Labute approximate surface area is 68.3 Å². The zero-order valence-corrected chi connectivity index (χ0v) is 7.54. The number of hydrogen-bond acceptors (Lipinski definition) is 3. The topological polar surface area (TPSA) is 21.7 Å². The molecule has 0 N–H and O–H groups in total. The van der Waals surface area contributed by atoms with Crippen LogP contribution in [0.2, 0.25) is 0 Å². The van der Waals surface area contributed by atoms with Crippen molar-refractivity contribution in [1.82, 2.24) is 4.90 Å². The first kappa shape index (κ1) is 8.97. The molecular formula is C8H17NO2. The van der Waals surface area contributed by atoms with Crippen molar-refractivity contribution in [3.8, 4) is 0 Å². The fraction of sp³-hybridized carbons (Fsp3) is 1.00. The Balaban J connectivity index is 2.32. The number of nitrogens with zero attached hydrogens (tertiary/aromatic N) is 1. The number of ether oxygens (including phenoxy) is 2. The Hall–Kier alpha value is -0.120. The molecule has 1 fully saturated rings. The molecule has 2 atom stereocenters. The molecule has 0 aromatic carbocycles. The third-order valence-electron chi connectivity index (χ3n) is 2.34. The Morgan fingerprint density at radius 3 is 2.64 bits per heavy atom. The highest BCUT2D eigenvalue weighted by molar-refractivity contribution is 4.83. The average Bonchev–Trinajstić information content (AvgIpc) is 2.33. The van der Waals surface area contributed by atoms with Gasteiger partial charge < -0.3 is 9.47 Å². The van der Waals surface area contributed by atoms with Gasteiger partial charge in [-0.3, -0.25) is 4.90 Å². The predicted octanol–water partition coefficient (Wildman–Crippen LogP) is 0.352. The second kappa shape index (κ2) is 4.04. The monoisotopic (exact) mass is 159 g/mol. The highest BCUT2D eigenvalue weighted by Gasteiger charge is 2.28. The molecule has 3 nitrogen and oxygen atoms in total. The summed E-state index contributed by atoms with van der Waals surface area (Å²) in [6.07, 6.45) is 1.50. The van der Waals surface area contributed by atoms with Gasteiger partial charge in [-0.05, 0) is 13.5 Å². The lowest BCUT2D eigenvalue weighted by molar-refractivity contribution is 0.110. The zero-order chi connectivity index (χ0) is 8.27. The van der Waals surface area contributed by atoms with Crippen LogP contribution in [0.4, 0.5) is 0 Å². The maximum absolute atomic E-state index is 5.26. The summed E-state index contributed by atoms with van der Waals surface area (Å²) in [5.74, 6) is 0. The van der Waals surface area contributed by atoms with Crippen LogP contribution in [0.3, 0.4) is 0 Å². The van der Waals surface area contributed by atoms with E-state index >= 15 is 0 Å². The first-order chi connectivity index (χ1) is 5.27. The second-order valence-electron chi connectivity index (χ2n) is 3.14. The summed E-state index contributed by atoms with van der Waals surface area (Å²) in [5, 5.41) is 0. The van der Waals surface area contributed by atoms with E-state index < -0.39 is 0 Å². The molecule has 1 saturated heterocycles. The summed E-state index contributed by atoms with van der Waals surface area (Å²) in [4.78, 5) is 2.29. The van der Waals surface area contributed by atoms with E-state index in [1.54, 1.807) is 14.2 Å². The van der Waals surface area contributed by atoms with E-state index in [9.17, 15) is 0 Å². The second-order valence-corrected chi connectivity index (χ2v) is 3.14. The molecule has 0 bridgehead atoms. The van der Waals surface area contributed by atoms with Gasteiger partial charge in [0.05, 0.1) is 12.7 Å². The van der Waals surface area contributed by atoms with Gasteiger partial charge in [-0.15, -0.1) is 0 Å². The van der Waals surface area contributed by atoms with Gasteiger partial charge in [-0.25, -0.2) is 0 Å². The lowest BCUT2D eigenvalue weighted by Gasteiger charge is -2.16. The summed E-state index contributed by atoms with van der Waals surface area (Å²) in [7, 11) is 5.63. The lowest BCUT2D eigenvalue weighted by Crippen LogP contribution is -2.28. The summed E-state index contributed by atoms with van der Waals surface area (Å²) in [6, 6.07) is 0.546. The molecule has 66 valence electrons. The van der Waals surface area contributed by atoms with Gasteiger partial charge in [0, 0.05) is 26.8 Å². The molecule has 11 heavy (non-hydrogen) atoms. The van der Waals surface area contributed by atoms with Crippen LogP contribution in [0.25, 0.3) is 0 Å². The molecule has 0 aromatic heterocycles. The van der Waals surface area contributed by atoms with Crippen molar-refractivity contribution in [1.29, 1.82) is 0 Å². The first-order valence-corrected chi connectivity index (χ1v) is 4.00. The Bertz CT molecular complexity index is 119. The van der Waals surface area contributed by atoms with Crippen molar-refractivity contribution in [2.24, 2.45) is 0 Å². The SMILES string of the molecule is COC[C@@H]1CC(OC)CN1C. The largest absolute Gasteiger partial charge is 0.383 e. The number of methoxy groups -OCH3 is 2. The molecule has 0 aromatic rings. The molecule has 0 spiro atoms. The fourth-order valence-corrected chi connectivity index (χ4v) is 1.59. The van der Waals surface area contributed by atoms with Gasteiger partial charge in [0.2, 0.25) is 0 Å². The Morgan fingerprint density at radius 1 is 1.45 bits per heavy atom. The number of likely N-dealkylation sites (N-methyl/N-ethyl adjacent to an activating group) is 1. The summed E-state index contributed by atoms with van der Waals surface area (Å²) < 4.78 is 10.4. The summed E-state index contributed by atoms with van der Waals surface area (Å²) >= 11 is 0. The van der Waals surface area contributed by atoms with E-state index in [-0.39, 0.29) is 0 Å². The van der Waals surface area contributed by atoms with Gasteiger partial charge in [-0.1, -0.05) is 0 Å². The normalized spacial score (nSPS) is 33.0. The third kappa shape index (κ3) is 2.15. The van der Waals surface area contributed by atoms with Crippen LogP contribution in [0.1, 0.15) is 6.42 Å². The maximum atomic E-state index is 5.26. The van der Waals surface area contributed by atoms with E-state index in [1.807, 2.05) is 0 Å². The number of likely N-dealkylation sites (tertiary alicyclic amines) is 1. The number of hydrogen-bond donors (Lipinski definition) is 0. The van der Waals surface area contributed by atoms with Gasteiger partial charge in [-0.2, -0.15) is 0 Å². The molecule has 0 aliphatic carbocycles. The van der Waals surface area contributed by atoms with Crippen LogP contribution in [-0.2, 0) is 9.47 Å². The minimum Gasteiger partial charge on any atom is -0.383 e. The van der Waals surface area contributed by atoms with E-state index in [0.29, 0.717) is 12.1 Å². The van der Waals surface area contributed by atoms with Crippen molar-refractivity contribution in [2.45, 2.75) is 18.6 Å². The van der Waals surface area contributed by atoms with Crippen LogP contribution in [0.15, 0.2) is 0 Å². The zero-order valence-electron chi connectivity index (χ0n) is 7.54. The van der Waals surface area contributed by atoms with Crippen LogP contribution in [0, 0.1) is 0 Å². The number of rotatable bonds is 3. The van der Waals surface area contributed by atoms with Crippen molar-refractivity contribution >= 4 is 0 Å². The summed E-state index contributed by atoms with van der Waals surface area (Å²) in [5.41, 5.74) is 0. The molecule has 1 aliphatic rings. The molecule has 1 rings (SSSR count). The third-order valence-corrected chi connectivity index (χ3v) is 2.34. The highest BCUT2D eigenvalue weighted by Crippen LogP contribution is 2.17. The smallest absolute Gasteiger partial charge is 0.0714 e. The maximum Gasteiger partial charge on any atom is 0.0714 e. The van der Waals surface area contributed by atoms with Crippen LogP contribution < -0.4 is 0 Å². The van der Waals surface area contributed by atoms with Crippen molar-refractivity contribution in [2.75, 3.05) is 34.4 Å². The molecule has 1 unspecified atom stereocenters. The van der Waals surface area contributed by atoms with E-state index in [4.69, 9.17) is 9.47 Å². The first-order valence-electron chi connectivity index (χ1n) is 4.00. The van der Waals surface area contributed by atoms with Gasteiger partial charge in [0.15, 0.2) is 0 Å². The molecule has 0 radical (unpaired) electrons. The standard InChI is InChI=1S/C8H17NO2/c1-9-5-8(11-3)4-7(9)6-10-2/h7-8H,4-6H2,1-3H3/t7-,8?/m0/s1. The minimum absolute atomic E-state index is 0.403. The van der Waals surface area contributed by atoms with E-state index in [1.165, 1.54) is 0 Å². The van der Waals surface area contributed by atoms with E-state index in [0.717, 1.165) is 19.6 Å². The Morgan fingerprint density at radius 2 is 2.18 bits per heavy atom. The fourth-order valence-electron chi connectivity index (χ4n) is 1.59. The molecule has 0 amide bonds. The highest BCUT2D eigenvalue weighted by atomic mass is 16.5.